The van der Waals surface area contributed by atoms with Crippen LogP contribution in [0.5, 0.6) is 0 Å². The summed E-state index contributed by atoms with van der Waals surface area (Å²) in [4.78, 5) is 9.46. The molecule has 0 fully saturated rings. The molecule has 5 rings (SSSR count). The molecule has 0 saturated carbocycles. The molecular formula is C21H20N4. The van der Waals surface area contributed by atoms with Crippen molar-refractivity contribution < 1.29 is 0 Å². The third kappa shape index (κ3) is 2.03. The van der Waals surface area contributed by atoms with E-state index in [2.05, 4.69) is 95.4 Å². The summed E-state index contributed by atoms with van der Waals surface area (Å²) >= 11 is 0. The number of rotatable bonds is 2. The maximum atomic E-state index is 4.80. The molecule has 1 atom stereocenters. The van der Waals surface area contributed by atoms with Crippen LogP contribution in [-0.2, 0) is 6.42 Å². The summed E-state index contributed by atoms with van der Waals surface area (Å²) in [6, 6.07) is 14.8. The summed E-state index contributed by atoms with van der Waals surface area (Å²) < 4.78 is 2.24. The molecule has 3 aromatic rings. The van der Waals surface area contributed by atoms with E-state index in [1.54, 1.807) is 0 Å². The highest BCUT2D eigenvalue weighted by Crippen LogP contribution is 2.37. The molecule has 2 aliphatic heterocycles. The van der Waals surface area contributed by atoms with Crippen LogP contribution in [0.4, 0.5) is 11.4 Å². The maximum absolute atomic E-state index is 4.80. The Morgan fingerprint density at radius 1 is 0.960 bits per heavy atom. The van der Waals surface area contributed by atoms with Crippen LogP contribution in [0.25, 0.3) is 17.2 Å². The molecule has 0 N–H and O–H groups in total. The molecule has 124 valence electrons. The first kappa shape index (κ1) is 14.3. The van der Waals surface area contributed by atoms with Crippen LogP contribution in [0.2, 0.25) is 0 Å². The summed E-state index contributed by atoms with van der Waals surface area (Å²) in [5.41, 5.74) is 5.98. The Hall–Kier alpha value is -3.01. The number of aryl methyl sites for hydroxylation is 1. The van der Waals surface area contributed by atoms with Crippen LogP contribution < -0.4 is 9.80 Å². The lowest BCUT2D eigenvalue weighted by Crippen LogP contribution is -2.36. The second-order valence-electron chi connectivity index (χ2n) is 6.67. The fraction of sp³-hybridized carbons (Fsp3) is 0.190. The summed E-state index contributed by atoms with van der Waals surface area (Å²) in [5.74, 6) is 1.12. The van der Waals surface area contributed by atoms with Crippen LogP contribution in [0.3, 0.4) is 0 Å². The summed E-state index contributed by atoms with van der Waals surface area (Å²) in [6.45, 7) is 4.42. The summed E-state index contributed by atoms with van der Waals surface area (Å²) in [6.07, 6.45) is 9.78. The summed E-state index contributed by atoms with van der Waals surface area (Å²) in [7, 11) is 0. The van der Waals surface area contributed by atoms with Gasteiger partial charge in [-0.1, -0.05) is 30.3 Å². The number of nitrogens with zero attached hydrogens (tertiary/aromatic N) is 4. The molecule has 0 amide bonds. The number of aromatic nitrogens is 2. The Labute approximate surface area is 147 Å². The van der Waals surface area contributed by atoms with Crippen molar-refractivity contribution in [1.29, 1.82) is 0 Å². The molecule has 0 radical (unpaired) electrons. The van der Waals surface area contributed by atoms with Crippen molar-refractivity contribution in [3.8, 4) is 0 Å². The minimum absolute atomic E-state index is 0.211. The highest BCUT2D eigenvalue weighted by Gasteiger charge is 2.28. The topological polar surface area (TPSA) is 24.3 Å². The van der Waals surface area contributed by atoms with E-state index in [-0.39, 0.29) is 6.17 Å². The van der Waals surface area contributed by atoms with Gasteiger partial charge in [-0.15, -0.1) is 0 Å². The molecule has 4 nitrogen and oxygen atoms in total. The van der Waals surface area contributed by atoms with Crippen LogP contribution in [-0.4, -0.2) is 15.7 Å². The number of hydrogen-bond donors (Lipinski definition) is 0. The predicted molar refractivity (Wildman–Crippen MR) is 104 cm³/mol. The van der Waals surface area contributed by atoms with E-state index in [1.807, 2.05) is 0 Å². The third-order valence-electron chi connectivity index (χ3n) is 5.16. The monoisotopic (exact) mass is 328 g/mol. The largest absolute Gasteiger partial charge is 0.326 e. The van der Waals surface area contributed by atoms with E-state index >= 15 is 0 Å². The third-order valence-corrected chi connectivity index (χ3v) is 5.16. The van der Waals surface area contributed by atoms with E-state index in [0.29, 0.717) is 0 Å². The number of imidazole rings is 1. The highest BCUT2D eigenvalue weighted by molar-refractivity contribution is 5.94. The van der Waals surface area contributed by atoms with Gasteiger partial charge in [-0.3, -0.25) is 0 Å². The lowest BCUT2D eigenvalue weighted by molar-refractivity contribution is 0.749. The van der Waals surface area contributed by atoms with Crippen LogP contribution in [0, 0.1) is 6.92 Å². The van der Waals surface area contributed by atoms with Gasteiger partial charge in [0.1, 0.15) is 12.0 Å². The lowest BCUT2D eigenvalue weighted by atomic mass is 10.1. The van der Waals surface area contributed by atoms with Gasteiger partial charge < -0.3 is 14.4 Å². The first-order valence-corrected chi connectivity index (χ1v) is 8.71. The molecule has 1 aromatic heterocycles. The smallest absolute Gasteiger partial charge is 0.117 e. The van der Waals surface area contributed by atoms with E-state index in [4.69, 9.17) is 4.98 Å². The van der Waals surface area contributed by atoms with Crippen molar-refractivity contribution in [2.75, 3.05) is 9.80 Å². The Balaban J connectivity index is 1.64. The van der Waals surface area contributed by atoms with Crippen molar-refractivity contribution in [3.63, 3.8) is 0 Å². The number of benzene rings is 2. The Morgan fingerprint density at radius 3 is 2.60 bits per heavy atom. The van der Waals surface area contributed by atoms with Gasteiger partial charge in [-0.2, -0.15) is 0 Å². The number of para-hydroxylation sites is 1. The van der Waals surface area contributed by atoms with Crippen molar-refractivity contribution in [2.24, 2.45) is 0 Å². The number of hydrogen-bond acceptors (Lipinski definition) is 3. The molecule has 0 saturated heterocycles. The quantitative estimate of drug-likeness (QED) is 0.691. The normalized spacial score (nSPS) is 18.6. The van der Waals surface area contributed by atoms with Gasteiger partial charge in [0.2, 0.25) is 0 Å². The van der Waals surface area contributed by atoms with Crippen molar-refractivity contribution in [3.05, 3.63) is 72.3 Å². The standard InChI is InChI=1S/C21H20N4/c1-15-10-11-18-21(25-12-6-9-19(25)22-18)20(15)24-14-13-23(16(24)2)17-7-4-3-5-8-17/h3-8,10-14,16H,9H2,1-2H3/t16-/m0/s1. The lowest BCUT2D eigenvalue weighted by Gasteiger charge is -2.31. The molecule has 2 aliphatic rings. The molecule has 4 heteroatoms. The second-order valence-corrected chi connectivity index (χ2v) is 6.67. The number of allylic oxidation sites excluding steroid dienone is 1. The minimum atomic E-state index is 0.211. The van der Waals surface area contributed by atoms with Crippen molar-refractivity contribution in [1.82, 2.24) is 9.55 Å². The van der Waals surface area contributed by atoms with Gasteiger partial charge in [0.15, 0.2) is 0 Å². The average Bonchev–Trinajstić information content (AvgIpc) is 3.31. The minimum Gasteiger partial charge on any atom is -0.326 e. The van der Waals surface area contributed by atoms with Gasteiger partial charge in [-0.25, -0.2) is 4.98 Å². The molecule has 25 heavy (non-hydrogen) atoms. The van der Waals surface area contributed by atoms with Crippen LogP contribution in [0.15, 0.2) is 60.9 Å². The van der Waals surface area contributed by atoms with Gasteiger partial charge >= 0.3 is 0 Å². The predicted octanol–water partition coefficient (Wildman–Crippen LogP) is 4.52. The molecule has 2 aromatic carbocycles. The van der Waals surface area contributed by atoms with Crippen molar-refractivity contribution in [2.45, 2.75) is 26.4 Å². The van der Waals surface area contributed by atoms with Crippen molar-refractivity contribution >= 4 is 28.6 Å². The van der Waals surface area contributed by atoms with Gasteiger partial charge in [0.25, 0.3) is 0 Å². The van der Waals surface area contributed by atoms with Crippen LogP contribution in [0.1, 0.15) is 18.3 Å². The van der Waals surface area contributed by atoms with Crippen LogP contribution >= 0.6 is 0 Å². The first-order valence-electron chi connectivity index (χ1n) is 8.71. The first-order chi connectivity index (χ1) is 12.2. The van der Waals surface area contributed by atoms with Gasteiger partial charge in [-0.05, 0) is 37.6 Å². The SMILES string of the molecule is Cc1ccc2nc3n(c2c1N1C=CN(c2ccccc2)[C@@H]1C)C=CC3. The highest BCUT2D eigenvalue weighted by atomic mass is 15.4. The molecule has 3 heterocycles. The Bertz CT molecular complexity index is 1010. The average molecular weight is 328 g/mol. The fourth-order valence-corrected chi connectivity index (χ4v) is 3.90. The van der Waals surface area contributed by atoms with E-state index in [9.17, 15) is 0 Å². The molecule has 0 unspecified atom stereocenters. The van der Waals surface area contributed by atoms with Gasteiger partial charge in [0.05, 0.1) is 16.7 Å². The fourth-order valence-electron chi connectivity index (χ4n) is 3.90. The molecule has 0 bridgehead atoms. The second kappa shape index (κ2) is 5.24. The van der Waals surface area contributed by atoms with E-state index < -0.39 is 0 Å². The molecule has 0 aliphatic carbocycles. The molecule has 0 spiro atoms. The van der Waals surface area contributed by atoms with E-state index in [0.717, 1.165) is 17.8 Å². The Kier molecular flexibility index (Phi) is 3.01. The number of fused-ring (bicyclic) bond motifs is 3. The zero-order chi connectivity index (χ0) is 17.0. The van der Waals surface area contributed by atoms with E-state index in [1.165, 1.54) is 22.5 Å². The Morgan fingerprint density at radius 2 is 1.76 bits per heavy atom. The van der Waals surface area contributed by atoms with Gasteiger partial charge in [0, 0.05) is 30.7 Å². The molecular weight excluding hydrogens is 308 g/mol. The zero-order valence-corrected chi connectivity index (χ0v) is 14.4. The number of anilines is 2. The zero-order valence-electron chi connectivity index (χ0n) is 14.4. The summed E-state index contributed by atoms with van der Waals surface area (Å²) in [5, 5.41) is 0. The maximum Gasteiger partial charge on any atom is 0.117 e.